The molecule has 0 fully saturated rings. The van der Waals surface area contributed by atoms with Crippen molar-refractivity contribution in [2.75, 3.05) is 0 Å². The van der Waals surface area contributed by atoms with E-state index in [1.54, 1.807) is 0 Å². The summed E-state index contributed by atoms with van der Waals surface area (Å²) in [7, 11) is 0. The number of rotatable bonds is 6. The third kappa shape index (κ3) is 5.90. The molecule has 0 amide bonds. The van der Waals surface area contributed by atoms with Crippen LogP contribution in [0.5, 0.6) is 0 Å². The van der Waals surface area contributed by atoms with Crippen LogP contribution in [0.25, 0.3) is 0 Å². The van der Waals surface area contributed by atoms with Crippen molar-refractivity contribution in [2.45, 2.75) is 80.4 Å². The molecule has 0 aliphatic heterocycles. The number of nitrogens with zero attached hydrogens (tertiary/aromatic N) is 4. The zero-order valence-electron chi connectivity index (χ0n) is 22.4. The van der Waals surface area contributed by atoms with Gasteiger partial charge in [0.25, 0.3) is 0 Å². The number of pyridine rings is 3. The molecule has 0 aliphatic carbocycles. The molecule has 3 rings (SSSR count). The molecule has 0 bridgehead atoms. The lowest BCUT2D eigenvalue weighted by Crippen LogP contribution is -2.49. The van der Waals surface area contributed by atoms with Gasteiger partial charge in [-0.05, 0) is 52.6 Å². The summed E-state index contributed by atoms with van der Waals surface area (Å²) in [6.07, 6.45) is 5.73. The van der Waals surface area contributed by atoms with Crippen molar-refractivity contribution in [1.29, 1.82) is 0 Å². The highest BCUT2D eigenvalue weighted by Gasteiger charge is 2.49. The number of hydrogen-bond acceptors (Lipinski definition) is 4. The van der Waals surface area contributed by atoms with E-state index in [9.17, 15) is 0 Å². The Bertz CT molecular complexity index is 876. The van der Waals surface area contributed by atoms with Gasteiger partial charge in [0.05, 0.1) is 35.2 Å². The predicted octanol–water partition coefficient (Wildman–Crippen LogP) is 7.84. The van der Waals surface area contributed by atoms with E-state index in [2.05, 4.69) is 104 Å². The van der Waals surface area contributed by atoms with Crippen LogP contribution in [0.3, 0.4) is 0 Å². The Morgan fingerprint density at radius 2 is 0.735 bits per heavy atom. The van der Waals surface area contributed by atoms with Crippen LogP contribution in [0, 0.1) is 16.2 Å². The minimum Gasteiger partial charge on any atom is -0.276 e. The Morgan fingerprint density at radius 3 is 0.912 bits per heavy atom. The lowest BCUT2D eigenvalue weighted by atomic mass is 9.72. The molecule has 0 spiro atoms. The van der Waals surface area contributed by atoms with Crippen molar-refractivity contribution in [1.82, 2.24) is 19.9 Å². The summed E-state index contributed by atoms with van der Waals surface area (Å²) < 4.78 is 0. The normalized spacial score (nSPS) is 15.7. The van der Waals surface area contributed by atoms with Gasteiger partial charge in [-0.3, -0.25) is 19.9 Å². The SMILES string of the molecule is CC(C)(C)C(c1ccccn1)N(C(c1ccccn1)C(C)(C)C)C(c1ccccn1)C(C)(C)C. The molecule has 3 aromatic heterocycles. The molecule has 3 atom stereocenters. The fourth-order valence-corrected chi connectivity index (χ4v) is 5.19. The van der Waals surface area contributed by atoms with Gasteiger partial charge < -0.3 is 0 Å². The van der Waals surface area contributed by atoms with Crippen LogP contribution in [-0.4, -0.2) is 19.9 Å². The second-order valence-corrected chi connectivity index (χ2v) is 12.5. The van der Waals surface area contributed by atoms with E-state index in [0.717, 1.165) is 17.1 Å². The van der Waals surface area contributed by atoms with E-state index < -0.39 is 0 Å². The first kappa shape index (κ1) is 26.0. The molecular formula is C30H42N4. The minimum absolute atomic E-state index is 0.0335. The maximum absolute atomic E-state index is 4.90. The molecular weight excluding hydrogens is 416 g/mol. The maximum atomic E-state index is 4.90. The highest BCUT2D eigenvalue weighted by Crippen LogP contribution is 2.54. The van der Waals surface area contributed by atoms with Crippen LogP contribution in [0.4, 0.5) is 0 Å². The fourth-order valence-electron chi connectivity index (χ4n) is 5.19. The van der Waals surface area contributed by atoms with Crippen molar-refractivity contribution in [3.8, 4) is 0 Å². The van der Waals surface area contributed by atoms with Crippen molar-refractivity contribution >= 4 is 0 Å². The molecule has 3 heterocycles. The first-order valence-electron chi connectivity index (χ1n) is 12.3. The van der Waals surface area contributed by atoms with Crippen molar-refractivity contribution < 1.29 is 0 Å². The Kier molecular flexibility index (Phi) is 7.62. The lowest BCUT2D eigenvalue weighted by Gasteiger charge is -2.54. The second kappa shape index (κ2) is 9.95. The van der Waals surface area contributed by atoms with Gasteiger partial charge in [0.1, 0.15) is 0 Å². The molecule has 4 nitrogen and oxygen atoms in total. The highest BCUT2D eigenvalue weighted by molar-refractivity contribution is 5.22. The van der Waals surface area contributed by atoms with Gasteiger partial charge in [-0.1, -0.05) is 80.5 Å². The largest absolute Gasteiger partial charge is 0.276 e. The molecule has 0 aromatic carbocycles. The average Bonchev–Trinajstić information content (AvgIpc) is 2.73. The van der Waals surface area contributed by atoms with Gasteiger partial charge in [0.15, 0.2) is 0 Å². The monoisotopic (exact) mass is 458 g/mol. The molecule has 0 saturated carbocycles. The van der Waals surface area contributed by atoms with E-state index in [1.807, 2.05) is 36.8 Å². The smallest absolute Gasteiger partial charge is 0.0582 e. The van der Waals surface area contributed by atoms with E-state index in [4.69, 9.17) is 15.0 Å². The highest BCUT2D eigenvalue weighted by atomic mass is 15.3. The summed E-state index contributed by atoms with van der Waals surface area (Å²) >= 11 is 0. The first-order valence-corrected chi connectivity index (χ1v) is 12.3. The van der Waals surface area contributed by atoms with Gasteiger partial charge >= 0.3 is 0 Å². The Labute approximate surface area is 206 Å². The van der Waals surface area contributed by atoms with Gasteiger partial charge in [-0.2, -0.15) is 0 Å². The molecule has 0 saturated heterocycles. The van der Waals surface area contributed by atoms with Crippen LogP contribution >= 0.6 is 0 Å². The number of aromatic nitrogens is 3. The van der Waals surface area contributed by atoms with Crippen molar-refractivity contribution in [3.63, 3.8) is 0 Å². The topological polar surface area (TPSA) is 41.9 Å². The first-order chi connectivity index (χ1) is 15.8. The van der Waals surface area contributed by atoms with E-state index in [0.29, 0.717) is 0 Å². The van der Waals surface area contributed by atoms with Gasteiger partial charge in [-0.15, -0.1) is 0 Å². The third-order valence-electron chi connectivity index (χ3n) is 6.26. The van der Waals surface area contributed by atoms with Crippen LogP contribution in [0.2, 0.25) is 0 Å². The van der Waals surface area contributed by atoms with E-state index >= 15 is 0 Å². The Hall–Kier alpha value is -2.59. The standard InChI is InChI=1S/C30H42N4/c1-28(2,3)25(22-16-10-13-19-31-22)34(26(29(4,5)6)23-17-11-14-20-32-23)27(30(7,8)9)24-18-12-15-21-33-24/h10-21,25-27H,1-9H3. The quantitative estimate of drug-likeness (QED) is 0.377. The summed E-state index contributed by atoms with van der Waals surface area (Å²) in [5.74, 6) is 0. The summed E-state index contributed by atoms with van der Waals surface area (Å²) in [5, 5.41) is 0. The molecule has 0 radical (unpaired) electrons. The predicted molar refractivity (Wildman–Crippen MR) is 141 cm³/mol. The van der Waals surface area contributed by atoms with E-state index in [-0.39, 0.29) is 34.4 Å². The van der Waals surface area contributed by atoms with Crippen LogP contribution in [-0.2, 0) is 0 Å². The molecule has 182 valence electrons. The minimum atomic E-state index is -0.0923. The summed E-state index contributed by atoms with van der Waals surface area (Å²) in [4.78, 5) is 17.4. The molecule has 4 heteroatoms. The zero-order chi connectivity index (χ0) is 25.1. The maximum Gasteiger partial charge on any atom is 0.0582 e. The van der Waals surface area contributed by atoms with Crippen LogP contribution in [0.15, 0.2) is 73.2 Å². The molecule has 3 aromatic rings. The summed E-state index contributed by atoms with van der Waals surface area (Å²) in [5.41, 5.74) is 2.95. The van der Waals surface area contributed by atoms with Crippen LogP contribution < -0.4 is 0 Å². The van der Waals surface area contributed by atoms with Gasteiger partial charge in [0.2, 0.25) is 0 Å². The molecule has 0 aliphatic rings. The van der Waals surface area contributed by atoms with Crippen molar-refractivity contribution in [3.05, 3.63) is 90.3 Å². The Balaban J connectivity index is 2.40. The molecule has 34 heavy (non-hydrogen) atoms. The number of hydrogen-bond donors (Lipinski definition) is 0. The van der Waals surface area contributed by atoms with Gasteiger partial charge in [-0.25, -0.2) is 0 Å². The lowest BCUT2D eigenvalue weighted by molar-refractivity contribution is -0.0668. The second-order valence-electron chi connectivity index (χ2n) is 12.5. The zero-order valence-corrected chi connectivity index (χ0v) is 22.4. The molecule has 0 N–H and O–H groups in total. The molecule has 3 unspecified atom stereocenters. The summed E-state index contributed by atoms with van der Waals surface area (Å²) in [6, 6.07) is 18.9. The van der Waals surface area contributed by atoms with Gasteiger partial charge in [0, 0.05) is 18.6 Å². The van der Waals surface area contributed by atoms with Crippen LogP contribution in [0.1, 0.15) is 97.5 Å². The average molecular weight is 459 g/mol. The Morgan fingerprint density at radius 1 is 0.471 bits per heavy atom. The summed E-state index contributed by atoms with van der Waals surface area (Å²) in [6.45, 7) is 20.8. The third-order valence-corrected chi connectivity index (χ3v) is 6.26. The fraction of sp³-hybridized carbons (Fsp3) is 0.500. The van der Waals surface area contributed by atoms with E-state index in [1.165, 1.54) is 0 Å². The van der Waals surface area contributed by atoms with Crippen molar-refractivity contribution in [2.24, 2.45) is 16.2 Å².